The van der Waals surface area contributed by atoms with Gasteiger partial charge in [-0.05, 0) is 12.8 Å². The highest BCUT2D eigenvalue weighted by molar-refractivity contribution is 5.82. The SMILES string of the molecule is NC(=O)NCCNC1=NCCCC1. The molecule has 0 aliphatic carbocycles. The van der Waals surface area contributed by atoms with Crippen molar-refractivity contribution in [3.8, 4) is 0 Å². The van der Waals surface area contributed by atoms with Gasteiger partial charge in [0.1, 0.15) is 0 Å². The fourth-order valence-electron chi connectivity index (χ4n) is 1.23. The molecule has 4 N–H and O–H groups in total. The Morgan fingerprint density at radius 3 is 2.92 bits per heavy atom. The van der Waals surface area contributed by atoms with Crippen molar-refractivity contribution in [3.05, 3.63) is 0 Å². The van der Waals surface area contributed by atoms with Gasteiger partial charge in [-0.15, -0.1) is 0 Å². The van der Waals surface area contributed by atoms with Crippen LogP contribution in [0.3, 0.4) is 0 Å². The largest absolute Gasteiger partial charge is 0.372 e. The van der Waals surface area contributed by atoms with E-state index in [1.54, 1.807) is 0 Å². The van der Waals surface area contributed by atoms with Crippen LogP contribution in [-0.2, 0) is 0 Å². The van der Waals surface area contributed by atoms with E-state index >= 15 is 0 Å². The van der Waals surface area contributed by atoms with Gasteiger partial charge in [-0.2, -0.15) is 0 Å². The Kier molecular flexibility index (Phi) is 4.08. The summed E-state index contributed by atoms with van der Waals surface area (Å²) in [5.41, 5.74) is 4.90. The van der Waals surface area contributed by atoms with Gasteiger partial charge in [0.15, 0.2) is 0 Å². The molecule has 0 aromatic carbocycles. The van der Waals surface area contributed by atoms with Crippen LogP contribution in [0.15, 0.2) is 4.99 Å². The third-order valence-corrected chi connectivity index (χ3v) is 1.88. The Morgan fingerprint density at radius 2 is 2.31 bits per heavy atom. The van der Waals surface area contributed by atoms with Gasteiger partial charge < -0.3 is 16.4 Å². The maximum Gasteiger partial charge on any atom is 0.312 e. The molecule has 1 aliphatic rings. The summed E-state index contributed by atoms with van der Waals surface area (Å²) in [5, 5.41) is 5.66. The van der Waals surface area contributed by atoms with Crippen LogP contribution in [0, 0.1) is 0 Å². The van der Waals surface area contributed by atoms with E-state index in [4.69, 9.17) is 5.73 Å². The first-order valence-electron chi connectivity index (χ1n) is 4.59. The molecule has 0 fully saturated rings. The lowest BCUT2D eigenvalue weighted by atomic mass is 10.2. The molecule has 5 heteroatoms. The van der Waals surface area contributed by atoms with Crippen molar-refractivity contribution in [1.29, 1.82) is 0 Å². The standard InChI is InChI=1S/C8H16N4O/c9-8(13)12-6-5-11-7-3-1-2-4-10-7/h1-6H2,(H,10,11)(H3,9,12,13). The fraction of sp³-hybridized carbons (Fsp3) is 0.750. The summed E-state index contributed by atoms with van der Waals surface area (Å²) in [6, 6.07) is -0.479. The number of amidine groups is 1. The van der Waals surface area contributed by atoms with E-state index in [-0.39, 0.29) is 0 Å². The van der Waals surface area contributed by atoms with Crippen LogP contribution in [0.5, 0.6) is 0 Å². The summed E-state index contributed by atoms with van der Waals surface area (Å²) in [4.78, 5) is 14.6. The molecule has 0 atom stereocenters. The molecule has 0 saturated carbocycles. The first kappa shape index (κ1) is 9.83. The summed E-state index contributed by atoms with van der Waals surface area (Å²) in [5.74, 6) is 1.05. The van der Waals surface area contributed by atoms with Crippen molar-refractivity contribution in [3.63, 3.8) is 0 Å². The van der Waals surface area contributed by atoms with E-state index in [0.717, 1.165) is 18.8 Å². The molecule has 0 aromatic heterocycles. The Bertz CT molecular complexity index is 202. The molecule has 0 aromatic rings. The van der Waals surface area contributed by atoms with Crippen LogP contribution >= 0.6 is 0 Å². The predicted octanol–water partition coefficient (Wildman–Crippen LogP) is -0.173. The molecule has 0 saturated heterocycles. The van der Waals surface area contributed by atoms with Crippen molar-refractivity contribution >= 4 is 11.9 Å². The van der Waals surface area contributed by atoms with Crippen LogP contribution < -0.4 is 16.4 Å². The van der Waals surface area contributed by atoms with Gasteiger partial charge >= 0.3 is 6.03 Å². The zero-order valence-corrected chi connectivity index (χ0v) is 7.68. The molecular formula is C8H16N4O. The molecule has 5 nitrogen and oxygen atoms in total. The van der Waals surface area contributed by atoms with Gasteiger partial charge in [-0.1, -0.05) is 0 Å². The molecule has 0 bridgehead atoms. The maximum atomic E-state index is 10.3. The number of nitrogens with zero attached hydrogens (tertiary/aromatic N) is 1. The van der Waals surface area contributed by atoms with Crippen molar-refractivity contribution < 1.29 is 4.79 Å². The predicted molar refractivity (Wildman–Crippen MR) is 51.7 cm³/mol. The van der Waals surface area contributed by atoms with E-state index in [9.17, 15) is 4.79 Å². The Morgan fingerprint density at radius 1 is 1.46 bits per heavy atom. The fourth-order valence-corrected chi connectivity index (χ4v) is 1.23. The number of carbonyl (C=O) groups excluding carboxylic acids is 1. The second-order valence-corrected chi connectivity index (χ2v) is 3.00. The van der Waals surface area contributed by atoms with Crippen molar-refractivity contribution in [2.45, 2.75) is 19.3 Å². The number of nitrogens with two attached hydrogens (primary N) is 1. The normalized spacial score (nSPS) is 16.2. The van der Waals surface area contributed by atoms with E-state index in [0.29, 0.717) is 13.1 Å². The summed E-state index contributed by atoms with van der Waals surface area (Å²) >= 11 is 0. The van der Waals surface area contributed by atoms with Crippen LogP contribution in [0.25, 0.3) is 0 Å². The second-order valence-electron chi connectivity index (χ2n) is 3.00. The number of hydrogen-bond donors (Lipinski definition) is 3. The number of aliphatic imine (C=N–C) groups is 1. The summed E-state index contributed by atoms with van der Waals surface area (Å²) in [6.45, 7) is 2.17. The Balaban J connectivity index is 2.04. The molecular weight excluding hydrogens is 168 g/mol. The summed E-state index contributed by atoms with van der Waals surface area (Å²) in [7, 11) is 0. The third kappa shape index (κ3) is 4.35. The molecule has 13 heavy (non-hydrogen) atoms. The quantitative estimate of drug-likeness (QED) is 0.532. The zero-order valence-electron chi connectivity index (χ0n) is 7.68. The molecule has 74 valence electrons. The van der Waals surface area contributed by atoms with Crippen LogP contribution in [0.4, 0.5) is 4.79 Å². The minimum atomic E-state index is -0.479. The monoisotopic (exact) mass is 184 g/mol. The lowest BCUT2D eigenvalue weighted by Gasteiger charge is -2.13. The van der Waals surface area contributed by atoms with Crippen LogP contribution in [-0.4, -0.2) is 31.5 Å². The molecule has 1 aliphatic heterocycles. The average Bonchev–Trinajstić information content (AvgIpc) is 2.14. The van der Waals surface area contributed by atoms with Crippen LogP contribution in [0.2, 0.25) is 0 Å². The number of carbonyl (C=O) groups is 1. The minimum absolute atomic E-state index is 0.479. The highest BCUT2D eigenvalue weighted by Gasteiger charge is 2.03. The van der Waals surface area contributed by atoms with Crippen molar-refractivity contribution in [2.24, 2.45) is 10.7 Å². The number of rotatable bonds is 3. The molecule has 0 spiro atoms. The number of hydrogen-bond acceptors (Lipinski definition) is 3. The lowest BCUT2D eigenvalue weighted by Crippen LogP contribution is -2.37. The number of primary amides is 1. The molecule has 0 radical (unpaired) electrons. The van der Waals surface area contributed by atoms with Crippen molar-refractivity contribution in [2.75, 3.05) is 19.6 Å². The van der Waals surface area contributed by atoms with Gasteiger partial charge in [0.2, 0.25) is 0 Å². The highest BCUT2D eigenvalue weighted by Crippen LogP contribution is 2.03. The first-order valence-corrected chi connectivity index (χ1v) is 4.59. The van der Waals surface area contributed by atoms with Gasteiger partial charge in [0, 0.05) is 26.1 Å². The summed E-state index contributed by atoms with van der Waals surface area (Å²) in [6.07, 6.45) is 3.41. The van der Waals surface area contributed by atoms with Gasteiger partial charge in [-0.3, -0.25) is 4.99 Å². The first-order chi connectivity index (χ1) is 6.29. The van der Waals surface area contributed by atoms with Gasteiger partial charge in [-0.25, -0.2) is 4.79 Å². The highest BCUT2D eigenvalue weighted by atomic mass is 16.2. The van der Waals surface area contributed by atoms with Gasteiger partial charge in [0.25, 0.3) is 0 Å². The van der Waals surface area contributed by atoms with Crippen molar-refractivity contribution in [1.82, 2.24) is 10.6 Å². The van der Waals surface area contributed by atoms with E-state index in [1.165, 1.54) is 12.8 Å². The third-order valence-electron chi connectivity index (χ3n) is 1.88. The zero-order chi connectivity index (χ0) is 9.52. The minimum Gasteiger partial charge on any atom is -0.372 e. The molecule has 2 amide bonds. The molecule has 1 heterocycles. The number of nitrogens with one attached hydrogen (secondary N) is 2. The number of urea groups is 1. The second kappa shape index (κ2) is 5.40. The molecule has 1 rings (SSSR count). The van der Waals surface area contributed by atoms with E-state index in [1.807, 2.05) is 0 Å². The maximum absolute atomic E-state index is 10.3. The smallest absolute Gasteiger partial charge is 0.312 e. The number of amides is 2. The van der Waals surface area contributed by atoms with E-state index < -0.39 is 6.03 Å². The summed E-state index contributed by atoms with van der Waals surface area (Å²) < 4.78 is 0. The average molecular weight is 184 g/mol. The Labute approximate surface area is 77.8 Å². The van der Waals surface area contributed by atoms with E-state index in [2.05, 4.69) is 15.6 Å². The van der Waals surface area contributed by atoms with Gasteiger partial charge in [0.05, 0.1) is 5.84 Å². The van der Waals surface area contributed by atoms with Crippen LogP contribution in [0.1, 0.15) is 19.3 Å². The topological polar surface area (TPSA) is 79.5 Å². The Hall–Kier alpha value is -1.26. The molecule has 0 unspecified atom stereocenters. The lowest BCUT2D eigenvalue weighted by molar-refractivity contribution is 0.249.